The summed E-state index contributed by atoms with van der Waals surface area (Å²) in [6.45, 7) is 1.86. The number of imide groups is 1. The topological polar surface area (TPSA) is 87.7 Å². The third-order valence-corrected chi connectivity index (χ3v) is 5.30. The first-order valence-electron chi connectivity index (χ1n) is 9.99. The van der Waals surface area contributed by atoms with Crippen LogP contribution < -0.4 is 15.4 Å². The van der Waals surface area contributed by atoms with E-state index in [1.807, 2.05) is 54.6 Å². The maximum atomic E-state index is 12.8. The first kappa shape index (κ1) is 21.4. The molecule has 2 aromatic carbocycles. The molecule has 1 heterocycles. The van der Waals surface area contributed by atoms with Gasteiger partial charge in [0, 0.05) is 6.54 Å². The van der Waals surface area contributed by atoms with Gasteiger partial charge in [-0.05, 0) is 49.4 Å². The van der Waals surface area contributed by atoms with Crippen molar-refractivity contribution in [1.29, 1.82) is 0 Å². The van der Waals surface area contributed by atoms with E-state index < -0.39 is 11.6 Å². The summed E-state index contributed by atoms with van der Waals surface area (Å²) >= 11 is 0. The Kier molecular flexibility index (Phi) is 6.72. The van der Waals surface area contributed by atoms with Gasteiger partial charge >= 0.3 is 6.03 Å². The summed E-state index contributed by atoms with van der Waals surface area (Å²) in [5.74, 6) is 0.0349. The van der Waals surface area contributed by atoms with Crippen LogP contribution in [0.5, 0.6) is 5.75 Å². The summed E-state index contributed by atoms with van der Waals surface area (Å²) in [5, 5.41) is 5.51. The van der Waals surface area contributed by atoms with Gasteiger partial charge in [0.15, 0.2) is 0 Å². The number of benzene rings is 2. The molecule has 158 valence electrons. The van der Waals surface area contributed by atoms with Gasteiger partial charge in [0.1, 0.15) is 17.8 Å². The van der Waals surface area contributed by atoms with E-state index in [2.05, 4.69) is 10.6 Å². The van der Waals surface area contributed by atoms with Gasteiger partial charge in [0.25, 0.3) is 5.91 Å². The Bertz CT molecular complexity index is 898. The first-order valence-corrected chi connectivity index (χ1v) is 9.99. The van der Waals surface area contributed by atoms with Crippen LogP contribution in [0.25, 0.3) is 0 Å². The van der Waals surface area contributed by atoms with Gasteiger partial charge in [-0.1, -0.05) is 42.5 Å². The van der Waals surface area contributed by atoms with Crippen molar-refractivity contribution in [1.82, 2.24) is 15.5 Å². The average molecular weight is 409 g/mol. The minimum Gasteiger partial charge on any atom is -0.497 e. The Labute approximate surface area is 176 Å². The van der Waals surface area contributed by atoms with Crippen molar-refractivity contribution in [3.05, 3.63) is 65.7 Å². The standard InChI is InChI=1S/C23H27N3O4/c1-23(14-12-18-8-10-19(30-2)11-9-18)21(28)26(22(29)25-23)16-20(27)24-15-13-17-6-4-3-5-7-17/h3-11H,12-16H2,1-2H3,(H,24,27)(H,25,29)/t23-/m0/s1. The Balaban J connectivity index is 1.50. The molecule has 0 saturated carbocycles. The lowest BCUT2D eigenvalue weighted by atomic mass is 9.93. The fourth-order valence-corrected chi connectivity index (χ4v) is 3.44. The van der Waals surface area contributed by atoms with Crippen molar-refractivity contribution < 1.29 is 19.1 Å². The highest BCUT2D eigenvalue weighted by molar-refractivity contribution is 6.08. The minimum atomic E-state index is -1.03. The summed E-state index contributed by atoms with van der Waals surface area (Å²) < 4.78 is 5.15. The molecule has 4 amide bonds. The fourth-order valence-electron chi connectivity index (χ4n) is 3.44. The highest BCUT2D eigenvalue weighted by Gasteiger charge is 2.47. The second-order valence-corrected chi connectivity index (χ2v) is 7.59. The smallest absolute Gasteiger partial charge is 0.325 e. The van der Waals surface area contributed by atoms with Gasteiger partial charge in [0.05, 0.1) is 7.11 Å². The van der Waals surface area contributed by atoms with E-state index >= 15 is 0 Å². The van der Waals surface area contributed by atoms with Crippen molar-refractivity contribution >= 4 is 17.8 Å². The van der Waals surface area contributed by atoms with E-state index in [9.17, 15) is 14.4 Å². The molecule has 0 aliphatic carbocycles. The zero-order valence-corrected chi connectivity index (χ0v) is 17.3. The number of nitrogens with zero attached hydrogens (tertiary/aromatic N) is 1. The predicted octanol–water partition coefficient (Wildman–Crippen LogP) is 2.30. The van der Waals surface area contributed by atoms with Gasteiger partial charge in [-0.15, -0.1) is 0 Å². The number of carbonyl (C=O) groups excluding carboxylic acids is 3. The highest BCUT2D eigenvalue weighted by Crippen LogP contribution is 2.24. The van der Waals surface area contributed by atoms with E-state index in [1.54, 1.807) is 14.0 Å². The van der Waals surface area contributed by atoms with Crippen molar-refractivity contribution in [2.75, 3.05) is 20.2 Å². The summed E-state index contributed by atoms with van der Waals surface area (Å²) in [4.78, 5) is 38.4. The van der Waals surface area contributed by atoms with Crippen LogP contribution in [-0.2, 0) is 22.4 Å². The van der Waals surface area contributed by atoms with Crippen LogP contribution in [0, 0.1) is 0 Å². The molecule has 1 aliphatic rings. The molecule has 3 rings (SSSR count). The maximum Gasteiger partial charge on any atom is 0.325 e. The van der Waals surface area contributed by atoms with Gasteiger partial charge in [-0.3, -0.25) is 14.5 Å². The predicted molar refractivity (Wildman–Crippen MR) is 113 cm³/mol. The summed E-state index contributed by atoms with van der Waals surface area (Å²) in [7, 11) is 1.61. The van der Waals surface area contributed by atoms with Gasteiger partial charge in [0.2, 0.25) is 5.91 Å². The van der Waals surface area contributed by atoms with Gasteiger partial charge in [-0.2, -0.15) is 0 Å². The molecule has 0 spiro atoms. The molecule has 7 nitrogen and oxygen atoms in total. The lowest BCUT2D eigenvalue weighted by Crippen LogP contribution is -2.45. The van der Waals surface area contributed by atoms with Crippen LogP contribution in [0.4, 0.5) is 4.79 Å². The number of ether oxygens (including phenoxy) is 1. The summed E-state index contributed by atoms with van der Waals surface area (Å²) in [6.07, 6.45) is 1.74. The number of hydrogen-bond donors (Lipinski definition) is 2. The molecule has 1 aliphatic heterocycles. The van der Waals surface area contributed by atoms with Crippen LogP contribution in [0.1, 0.15) is 24.5 Å². The monoisotopic (exact) mass is 409 g/mol. The van der Waals surface area contributed by atoms with Gasteiger partial charge < -0.3 is 15.4 Å². The number of nitrogens with one attached hydrogen (secondary N) is 2. The van der Waals surface area contributed by atoms with Crippen LogP contribution in [0.15, 0.2) is 54.6 Å². The SMILES string of the molecule is COc1ccc(CC[C@]2(C)NC(=O)N(CC(=O)NCCc3ccccc3)C2=O)cc1. The van der Waals surface area contributed by atoms with E-state index in [0.717, 1.165) is 21.8 Å². The number of amides is 4. The van der Waals surface area contributed by atoms with E-state index in [1.165, 1.54) is 0 Å². The number of carbonyl (C=O) groups is 3. The van der Waals surface area contributed by atoms with E-state index in [0.29, 0.717) is 25.8 Å². The molecule has 0 unspecified atom stereocenters. The molecule has 1 atom stereocenters. The lowest BCUT2D eigenvalue weighted by Gasteiger charge is -2.21. The molecule has 0 aromatic heterocycles. The molecular weight excluding hydrogens is 382 g/mol. The normalized spacial score (nSPS) is 18.3. The first-order chi connectivity index (χ1) is 14.4. The van der Waals surface area contributed by atoms with Gasteiger partial charge in [-0.25, -0.2) is 4.79 Å². The van der Waals surface area contributed by atoms with Crippen LogP contribution in [0.2, 0.25) is 0 Å². The minimum absolute atomic E-state index is 0.280. The second kappa shape index (κ2) is 9.43. The van der Waals surface area contributed by atoms with Crippen LogP contribution in [-0.4, -0.2) is 48.5 Å². The molecule has 7 heteroatoms. The summed E-state index contributed by atoms with van der Waals surface area (Å²) in [6, 6.07) is 16.8. The number of aryl methyl sites for hydroxylation is 1. The molecular formula is C23H27N3O4. The number of rotatable bonds is 9. The molecule has 30 heavy (non-hydrogen) atoms. The van der Waals surface area contributed by atoms with Crippen molar-refractivity contribution in [3.63, 3.8) is 0 Å². The Morgan fingerprint density at radius 3 is 2.37 bits per heavy atom. The Morgan fingerprint density at radius 2 is 1.70 bits per heavy atom. The molecule has 0 bridgehead atoms. The largest absolute Gasteiger partial charge is 0.497 e. The second-order valence-electron chi connectivity index (χ2n) is 7.59. The molecule has 2 N–H and O–H groups in total. The van der Waals surface area contributed by atoms with E-state index in [4.69, 9.17) is 4.74 Å². The van der Waals surface area contributed by atoms with E-state index in [-0.39, 0.29) is 18.4 Å². The van der Waals surface area contributed by atoms with Crippen LogP contribution >= 0.6 is 0 Å². The average Bonchev–Trinajstić information content (AvgIpc) is 2.97. The third kappa shape index (κ3) is 5.17. The zero-order chi connectivity index (χ0) is 21.6. The number of hydrogen-bond acceptors (Lipinski definition) is 4. The summed E-state index contributed by atoms with van der Waals surface area (Å²) in [5.41, 5.74) is 1.12. The third-order valence-electron chi connectivity index (χ3n) is 5.30. The lowest BCUT2D eigenvalue weighted by molar-refractivity contribution is -0.134. The molecule has 2 aromatic rings. The zero-order valence-electron chi connectivity index (χ0n) is 17.3. The quantitative estimate of drug-likeness (QED) is 0.622. The molecule has 0 radical (unpaired) electrons. The maximum absolute atomic E-state index is 12.8. The number of methoxy groups -OCH3 is 1. The Morgan fingerprint density at radius 1 is 1.03 bits per heavy atom. The Hall–Kier alpha value is -3.35. The van der Waals surface area contributed by atoms with Crippen LogP contribution in [0.3, 0.4) is 0 Å². The van der Waals surface area contributed by atoms with Crippen molar-refractivity contribution in [2.45, 2.75) is 31.7 Å². The van der Waals surface area contributed by atoms with Crippen molar-refractivity contribution in [2.24, 2.45) is 0 Å². The number of urea groups is 1. The van der Waals surface area contributed by atoms with Crippen molar-refractivity contribution in [3.8, 4) is 5.75 Å². The molecule has 1 fully saturated rings. The highest BCUT2D eigenvalue weighted by atomic mass is 16.5. The fraction of sp³-hybridized carbons (Fsp3) is 0.348. The molecule has 1 saturated heterocycles.